The Labute approximate surface area is 264 Å². The van der Waals surface area contributed by atoms with Gasteiger partial charge >= 0.3 is 12.0 Å². The van der Waals surface area contributed by atoms with Crippen LogP contribution in [0.3, 0.4) is 0 Å². The van der Waals surface area contributed by atoms with Crippen molar-refractivity contribution in [2.75, 3.05) is 19.1 Å². The number of likely N-dealkylation sites (N-methyl/N-ethyl adjacent to an activating group) is 1. The highest BCUT2D eigenvalue weighted by atomic mass is 32.1. The third kappa shape index (κ3) is 8.48. The Morgan fingerprint density at radius 3 is 2.34 bits per heavy atom. The van der Waals surface area contributed by atoms with Crippen molar-refractivity contribution >= 4 is 34.9 Å². The average Bonchev–Trinajstić information content (AvgIpc) is 3.58. The highest BCUT2D eigenvalue weighted by molar-refractivity contribution is 7.13. The molecule has 8 nitrogen and oxygen atoms in total. The Kier molecular flexibility index (Phi) is 12.0. The van der Waals surface area contributed by atoms with Crippen LogP contribution in [-0.4, -0.2) is 49.1 Å². The molecule has 1 saturated heterocycles. The van der Waals surface area contributed by atoms with E-state index in [0.29, 0.717) is 36.4 Å². The molecule has 1 fully saturated rings. The van der Waals surface area contributed by atoms with Gasteiger partial charge in [-0.15, -0.1) is 11.3 Å². The van der Waals surface area contributed by atoms with E-state index in [4.69, 9.17) is 14.2 Å². The van der Waals surface area contributed by atoms with Gasteiger partial charge in [0, 0.05) is 17.6 Å². The zero-order chi connectivity index (χ0) is 31.6. The molecule has 0 N–H and O–H groups in total. The molecule has 1 aliphatic heterocycles. The van der Waals surface area contributed by atoms with E-state index in [0.717, 1.165) is 47.4 Å². The standard InChI is InChI=1S/C35H44N2O6S/c1-6-7-8-12-31(42-23-25-13-19-28(41-5)20-14-25)26-15-17-27(18-16-26)37-30(33(38)36(4)35(37)40)11-9-10-29-21-22-32(44-29)34(39)43-24(2)3/h13-22,24,30-31H,6-12,23H2,1-5H3. The van der Waals surface area contributed by atoms with Gasteiger partial charge in [-0.05, 0) is 87.1 Å². The molecule has 0 spiro atoms. The lowest BCUT2D eigenvalue weighted by atomic mass is 10.0. The number of rotatable bonds is 16. The van der Waals surface area contributed by atoms with Gasteiger partial charge in [0.1, 0.15) is 16.7 Å². The summed E-state index contributed by atoms with van der Waals surface area (Å²) in [5, 5.41) is 0. The average molecular weight is 621 g/mol. The Morgan fingerprint density at radius 2 is 1.68 bits per heavy atom. The second kappa shape index (κ2) is 15.9. The summed E-state index contributed by atoms with van der Waals surface area (Å²) in [4.78, 5) is 42.9. The first-order chi connectivity index (χ1) is 21.2. The molecule has 1 aliphatic rings. The molecule has 2 atom stereocenters. The Balaban J connectivity index is 1.42. The van der Waals surface area contributed by atoms with Crippen molar-refractivity contribution in [3.63, 3.8) is 0 Å². The molecule has 1 aromatic heterocycles. The van der Waals surface area contributed by atoms with E-state index < -0.39 is 6.04 Å². The van der Waals surface area contributed by atoms with Crippen LogP contribution in [-0.2, 0) is 27.3 Å². The summed E-state index contributed by atoms with van der Waals surface area (Å²) in [6.45, 7) is 6.32. The predicted molar refractivity (Wildman–Crippen MR) is 173 cm³/mol. The number of anilines is 1. The first-order valence-corrected chi connectivity index (χ1v) is 16.3. The van der Waals surface area contributed by atoms with E-state index in [9.17, 15) is 14.4 Å². The van der Waals surface area contributed by atoms with Gasteiger partial charge in [-0.1, -0.05) is 50.5 Å². The number of aryl methyl sites for hydroxylation is 1. The number of methoxy groups -OCH3 is 1. The number of hydrogen-bond donors (Lipinski definition) is 0. The molecular formula is C35H44N2O6S. The molecule has 0 bridgehead atoms. The van der Waals surface area contributed by atoms with E-state index in [1.54, 1.807) is 18.1 Å². The summed E-state index contributed by atoms with van der Waals surface area (Å²) in [5.74, 6) is 0.293. The molecule has 0 saturated carbocycles. The molecule has 3 amide bonds. The maximum Gasteiger partial charge on any atom is 0.348 e. The van der Waals surface area contributed by atoms with Gasteiger partial charge in [0.15, 0.2) is 0 Å². The topological polar surface area (TPSA) is 85.4 Å². The van der Waals surface area contributed by atoms with Crippen molar-refractivity contribution in [2.24, 2.45) is 0 Å². The normalized spacial score (nSPS) is 15.7. The summed E-state index contributed by atoms with van der Waals surface area (Å²) in [7, 11) is 3.19. The molecule has 0 aliphatic carbocycles. The summed E-state index contributed by atoms with van der Waals surface area (Å²) in [6, 6.07) is 18.6. The number of ether oxygens (including phenoxy) is 3. The van der Waals surface area contributed by atoms with Crippen LogP contribution in [0.1, 0.15) is 91.1 Å². The zero-order valence-corrected chi connectivity index (χ0v) is 27.2. The van der Waals surface area contributed by atoms with Crippen molar-refractivity contribution in [1.82, 2.24) is 4.90 Å². The number of esters is 1. The van der Waals surface area contributed by atoms with Crippen LogP contribution in [0, 0.1) is 0 Å². The number of carbonyl (C=O) groups is 3. The smallest absolute Gasteiger partial charge is 0.348 e. The third-order valence-corrected chi connectivity index (χ3v) is 8.87. The van der Waals surface area contributed by atoms with E-state index >= 15 is 0 Å². The maximum atomic E-state index is 13.2. The Hall–Kier alpha value is -3.69. The molecule has 4 rings (SSSR count). The van der Waals surface area contributed by atoms with E-state index in [-0.39, 0.29) is 30.1 Å². The van der Waals surface area contributed by atoms with Crippen LogP contribution in [0.15, 0.2) is 60.7 Å². The van der Waals surface area contributed by atoms with Gasteiger partial charge in [-0.3, -0.25) is 14.6 Å². The van der Waals surface area contributed by atoms with E-state index in [2.05, 4.69) is 6.92 Å². The predicted octanol–water partition coefficient (Wildman–Crippen LogP) is 7.95. The van der Waals surface area contributed by atoms with Gasteiger partial charge in [0.25, 0.3) is 5.91 Å². The number of urea groups is 1. The van der Waals surface area contributed by atoms with Crippen LogP contribution in [0.2, 0.25) is 0 Å². The minimum Gasteiger partial charge on any atom is -0.497 e. The Bertz CT molecular complexity index is 1380. The SMILES string of the molecule is CCCCCC(OCc1ccc(OC)cc1)c1ccc(N2C(=O)N(C)C(=O)C2CCCc2ccc(C(=O)OC(C)C)s2)cc1. The first-order valence-electron chi connectivity index (χ1n) is 15.5. The van der Waals surface area contributed by atoms with Gasteiger partial charge in [-0.2, -0.15) is 0 Å². The molecule has 0 radical (unpaired) electrons. The molecule has 2 unspecified atom stereocenters. The fourth-order valence-electron chi connectivity index (χ4n) is 5.32. The highest BCUT2D eigenvalue weighted by Gasteiger charge is 2.43. The van der Waals surface area contributed by atoms with Crippen LogP contribution < -0.4 is 9.64 Å². The first kappa shape index (κ1) is 33.2. The fraction of sp³-hybridized carbons (Fsp3) is 0.457. The zero-order valence-electron chi connectivity index (χ0n) is 26.4. The van der Waals surface area contributed by atoms with Crippen LogP contribution in [0.4, 0.5) is 10.5 Å². The second-order valence-corrected chi connectivity index (χ2v) is 12.6. The number of benzene rings is 2. The van der Waals surface area contributed by atoms with Gasteiger partial charge in [0.05, 0.1) is 25.9 Å². The van der Waals surface area contributed by atoms with Crippen LogP contribution >= 0.6 is 11.3 Å². The molecule has 2 heterocycles. The van der Waals surface area contributed by atoms with Crippen LogP contribution in [0.5, 0.6) is 5.75 Å². The molecule has 236 valence electrons. The van der Waals surface area contributed by atoms with Gasteiger partial charge in [-0.25, -0.2) is 9.59 Å². The van der Waals surface area contributed by atoms with Crippen molar-refractivity contribution in [2.45, 2.75) is 90.6 Å². The van der Waals surface area contributed by atoms with Crippen molar-refractivity contribution < 1.29 is 28.6 Å². The Morgan fingerprint density at radius 1 is 0.955 bits per heavy atom. The van der Waals surface area contributed by atoms with Crippen LogP contribution in [0.25, 0.3) is 0 Å². The quantitative estimate of drug-likeness (QED) is 0.0918. The minimum atomic E-state index is -0.574. The van der Waals surface area contributed by atoms with Crippen molar-refractivity contribution in [3.05, 3.63) is 81.5 Å². The lowest BCUT2D eigenvalue weighted by Crippen LogP contribution is -2.35. The minimum absolute atomic E-state index is 0.0828. The largest absolute Gasteiger partial charge is 0.497 e. The lowest BCUT2D eigenvalue weighted by molar-refractivity contribution is -0.126. The molecule has 9 heteroatoms. The summed E-state index contributed by atoms with van der Waals surface area (Å²) < 4.78 is 16.9. The monoisotopic (exact) mass is 620 g/mol. The number of nitrogens with zero attached hydrogens (tertiary/aromatic N) is 2. The van der Waals surface area contributed by atoms with Crippen molar-refractivity contribution in [3.8, 4) is 5.75 Å². The lowest BCUT2D eigenvalue weighted by Gasteiger charge is -2.23. The number of carbonyl (C=O) groups excluding carboxylic acids is 3. The molecular weight excluding hydrogens is 576 g/mol. The van der Waals surface area contributed by atoms with Gasteiger partial charge in [0.2, 0.25) is 0 Å². The van der Waals surface area contributed by atoms with Crippen molar-refractivity contribution in [1.29, 1.82) is 0 Å². The summed E-state index contributed by atoms with van der Waals surface area (Å²) in [6.07, 6.45) is 5.89. The summed E-state index contributed by atoms with van der Waals surface area (Å²) >= 11 is 1.41. The third-order valence-electron chi connectivity index (χ3n) is 7.75. The van der Waals surface area contributed by atoms with Gasteiger partial charge < -0.3 is 14.2 Å². The van der Waals surface area contributed by atoms with E-state index in [1.165, 1.54) is 23.3 Å². The number of unbranched alkanes of at least 4 members (excludes halogenated alkanes) is 2. The van der Waals surface area contributed by atoms with E-state index in [1.807, 2.05) is 68.4 Å². The number of amides is 3. The number of imide groups is 1. The highest BCUT2D eigenvalue weighted by Crippen LogP contribution is 2.32. The maximum absolute atomic E-state index is 13.2. The molecule has 44 heavy (non-hydrogen) atoms. The number of thiophene rings is 1. The molecule has 2 aromatic carbocycles. The second-order valence-electron chi connectivity index (χ2n) is 11.4. The summed E-state index contributed by atoms with van der Waals surface area (Å²) in [5.41, 5.74) is 2.81. The molecule has 3 aromatic rings. The fourth-order valence-corrected chi connectivity index (χ4v) is 6.26. The number of hydrogen-bond acceptors (Lipinski definition) is 7.